The summed E-state index contributed by atoms with van der Waals surface area (Å²) in [5.74, 6) is -2.25. The summed E-state index contributed by atoms with van der Waals surface area (Å²) in [4.78, 5) is 38.9. The number of carbonyl (C=O) groups excluding carboxylic acids is 3. The van der Waals surface area contributed by atoms with Crippen molar-refractivity contribution in [2.45, 2.75) is 16.2 Å². The molecular weight excluding hydrogens is 499 g/mol. The molecule has 182 valence electrons. The van der Waals surface area contributed by atoms with E-state index in [4.69, 9.17) is 27.9 Å². The van der Waals surface area contributed by atoms with E-state index in [1.807, 2.05) is 48.5 Å². The lowest BCUT2D eigenvalue weighted by Gasteiger charge is -2.54. The first-order valence-electron chi connectivity index (χ1n) is 11.7. The number of nitrogens with zero attached hydrogens (tertiary/aromatic N) is 1. The molecule has 0 aromatic heterocycles. The van der Waals surface area contributed by atoms with E-state index in [1.165, 1.54) is 0 Å². The fourth-order valence-corrected chi connectivity index (χ4v) is 7.18. The molecule has 2 bridgehead atoms. The minimum absolute atomic E-state index is 0.0569. The molecule has 6 nitrogen and oxygen atoms in total. The highest BCUT2D eigenvalue weighted by atomic mass is 35.5. The third-order valence-corrected chi connectivity index (χ3v) is 8.88. The van der Waals surface area contributed by atoms with E-state index >= 15 is 0 Å². The maximum atomic E-state index is 13.8. The molecule has 3 amide bonds. The third-order valence-electron chi connectivity index (χ3n) is 7.59. The van der Waals surface area contributed by atoms with Crippen LogP contribution in [0.1, 0.15) is 28.7 Å². The maximum absolute atomic E-state index is 13.8. The van der Waals surface area contributed by atoms with Gasteiger partial charge in [-0.2, -0.15) is 0 Å². The lowest BCUT2D eigenvalue weighted by atomic mass is 9.54. The molecule has 1 fully saturated rings. The Morgan fingerprint density at radius 3 is 1.83 bits per heavy atom. The molecule has 36 heavy (non-hydrogen) atoms. The number of benzene rings is 3. The van der Waals surface area contributed by atoms with Crippen molar-refractivity contribution in [1.29, 1.82) is 0 Å². The standard InChI is InChI=1S/C28H22Cl2N2O4/c1-36-17-8-6-7-16(15-17)31-22(33)13-14-32-25(34)23-24(26(32)35)28(30)19-10-3-2-9-18(19)27(23,29)20-11-4-5-12-21(20)28/h2-12,15,23-24H,13-14H2,1H3,(H,31,33)/t23-,24-,27?,28?/m0/s1. The van der Waals surface area contributed by atoms with Gasteiger partial charge < -0.3 is 10.1 Å². The average Bonchev–Trinajstić information content (AvgIpc) is 3.16. The van der Waals surface area contributed by atoms with E-state index in [0.29, 0.717) is 11.4 Å². The number of anilines is 1. The van der Waals surface area contributed by atoms with Crippen molar-refractivity contribution in [3.63, 3.8) is 0 Å². The summed E-state index contributed by atoms with van der Waals surface area (Å²) in [5, 5.41) is 2.79. The summed E-state index contributed by atoms with van der Waals surface area (Å²) in [5.41, 5.74) is 3.57. The molecule has 0 unspecified atom stereocenters. The number of nitrogens with one attached hydrogen (secondary N) is 1. The van der Waals surface area contributed by atoms with E-state index < -0.39 is 33.4 Å². The number of carbonyl (C=O) groups is 3. The molecule has 1 aliphatic heterocycles. The molecule has 1 saturated heterocycles. The smallest absolute Gasteiger partial charge is 0.235 e. The third kappa shape index (κ3) is 2.95. The zero-order chi connectivity index (χ0) is 25.2. The van der Waals surface area contributed by atoms with Crippen molar-refractivity contribution in [1.82, 2.24) is 4.90 Å². The number of imide groups is 1. The van der Waals surface area contributed by atoms with Gasteiger partial charge in [0.2, 0.25) is 17.7 Å². The zero-order valence-corrected chi connectivity index (χ0v) is 20.8. The zero-order valence-electron chi connectivity index (χ0n) is 19.3. The van der Waals surface area contributed by atoms with E-state index in [0.717, 1.165) is 27.2 Å². The van der Waals surface area contributed by atoms with Gasteiger partial charge in [0.15, 0.2) is 0 Å². The van der Waals surface area contributed by atoms with Crippen molar-refractivity contribution in [3.8, 4) is 5.75 Å². The van der Waals surface area contributed by atoms with E-state index in [9.17, 15) is 14.4 Å². The fraction of sp³-hybridized carbons (Fsp3) is 0.250. The number of rotatable bonds is 5. The molecular formula is C28H22Cl2N2O4. The number of amides is 3. The first-order valence-corrected chi connectivity index (χ1v) is 12.4. The molecule has 3 aromatic rings. The maximum Gasteiger partial charge on any atom is 0.235 e. The summed E-state index contributed by atoms with van der Waals surface area (Å²) in [6.07, 6.45) is -0.0569. The largest absolute Gasteiger partial charge is 0.497 e. The fourth-order valence-electron chi connectivity index (χ4n) is 6.08. The van der Waals surface area contributed by atoms with Gasteiger partial charge in [0.1, 0.15) is 15.5 Å². The van der Waals surface area contributed by atoms with Crippen LogP contribution in [-0.2, 0) is 24.1 Å². The highest BCUT2D eigenvalue weighted by Crippen LogP contribution is 2.69. The molecule has 0 saturated carbocycles. The van der Waals surface area contributed by atoms with Gasteiger partial charge in [-0.05, 0) is 34.4 Å². The Kier molecular flexibility index (Phi) is 5.18. The number of likely N-dealkylation sites (tertiary alicyclic amines) is 1. The summed E-state index contributed by atoms with van der Waals surface area (Å²) >= 11 is 14.8. The van der Waals surface area contributed by atoms with Crippen LogP contribution in [0, 0.1) is 11.8 Å². The predicted octanol–water partition coefficient (Wildman–Crippen LogP) is 4.62. The van der Waals surface area contributed by atoms with Crippen LogP contribution in [0.4, 0.5) is 5.69 Å². The number of methoxy groups -OCH3 is 1. The van der Waals surface area contributed by atoms with Crippen LogP contribution in [0.5, 0.6) is 5.75 Å². The van der Waals surface area contributed by atoms with Gasteiger partial charge in [-0.3, -0.25) is 19.3 Å². The highest BCUT2D eigenvalue weighted by Gasteiger charge is 2.72. The van der Waals surface area contributed by atoms with Gasteiger partial charge in [0.05, 0.1) is 18.9 Å². The van der Waals surface area contributed by atoms with Crippen LogP contribution < -0.4 is 10.1 Å². The van der Waals surface area contributed by atoms with Gasteiger partial charge in [-0.1, -0.05) is 54.6 Å². The molecule has 0 spiro atoms. The van der Waals surface area contributed by atoms with Crippen molar-refractivity contribution in [3.05, 3.63) is 95.1 Å². The van der Waals surface area contributed by atoms with Gasteiger partial charge in [-0.25, -0.2) is 0 Å². The average molecular weight is 521 g/mol. The lowest BCUT2D eigenvalue weighted by Crippen LogP contribution is -2.57. The second-order valence-corrected chi connectivity index (χ2v) is 10.5. The van der Waals surface area contributed by atoms with Gasteiger partial charge in [0.25, 0.3) is 0 Å². The van der Waals surface area contributed by atoms with Crippen LogP contribution in [0.3, 0.4) is 0 Å². The Balaban J connectivity index is 1.32. The molecule has 4 aliphatic rings. The van der Waals surface area contributed by atoms with Gasteiger partial charge >= 0.3 is 0 Å². The Morgan fingerprint density at radius 1 is 0.861 bits per heavy atom. The van der Waals surface area contributed by atoms with Crippen LogP contribution in [0.2, 0.25) is 0 Å². The Hall–Kier alpha value is -3.35. The van der Waals surface area contributed by atoms with Crippen molar-refractivity contribution in [2.75, 3.05) is 19.0 Å². The molecule has 3 aromatic carbocycles. The number of halogens is 2. The summed E-state index contributed by atoms with van der Waals surface area (Å²) in [7, 11) is 1.54. The monoisotopic (exact) mass is 520 g/mol. The first-order chi connectivity index (χ1) is 17.3. The van der Waals surface area contributed by atoms with Crippen LogP contribution >= 0.6 is 23.2 Å². The van der Waals surface area contributed by atoms with Gasteiger partial charge in [-0.15, -0.1) is 23.2 Å². The SMILES string of the molecule is COc1cccc(NC(=O)CCN2C(=O)[C@@H]3[C@@H](C2=O)C2(Cl)c4ccccc4C3(Cl)c3ccccc32)c1. The molecule has 2 atom stereocenters. The normalized spacial score (nSPS) is 27.4. The molecule has 1 heterocycles. The number of ether oxygens (including phenoxy) is 1. The highest BCUT2D eigenvalue weighted by molar-refractivity contribution is 6.36. The Morgan fingerprint density at radius 2 is 1.36 bits per heavy atom. The molecule has 3 aliphatic carbocycles. The quantitative estimate of drug-likeness (QED) is 0.393. The second-order valence-electron chi connectivity index (χ2n) is 9.33. The van der Waals surface area contributed by atoms with Crippen molar-refractivity contribution >= 4 is 46.6 Å². The predicted molar refractivity (Wildman–Crippen MR) is 136 cm³/mol. The first kappa shape index (κ1) is 23.1. The molecule has 8 heteroatoms. The molecule has 7 rings (SSSR count). The number of hydrogen-bond acceptors (Lipinski definition) is 4. The van der Waals surface area contributed by atoms with Crippen LogP contribution in [-0.4, -0.2) is 36.3 Å². The van der Waals surface area contributed by atoms with Crippen LogP contribution in [0.15, 0.2) is 72.8 Å². The molecule has 0 radical (unpaired) electrons. The van der Waals surface area contributed by atoms with E-state index in [1.54, 1.807) is 31.4 Å². The van der Waals surface area contributed by atoms with Crippen LogP contribution in [0.25, 0.3) is 0 Å². The summed E-state index contributed by atoms with van der Waals surface area (Å²) in [6.45, 7) is -0.0624. The van der Waals surface area contributed by atoms with Crippen molar-refractivity contribution in [2.24, 2.45) is 11.8 Å². The Bertz CT molecular complexity index is 1320. The topological polar surface area (TPSA) is 75.7 Å². The lowest BCUT2D eigenvalue weighted by molar-refractivity contribution is -0.140. The minimum atomic E-state index is -1.22. The number of hydrogen-bond donors (Lipinski definition) is 1. The van der Waals surface area contributed by atoms with Crippen molar-refractivity contribution < 1.29 is 19.1 Å². The summed E-state index contributed by atoms with van der Waals surface area (Å²) in [6, 6.07) is 22.0. The minimum Gasteiger partial charge on any atom is -0.497 e. The van der Waals surface area contributed by atoms with E-state index in [-0.39, 0.29) is 18.9 Å². The second kappa shape index (κ2) is 8.08. The summed E-state index contributed by atoms with van der Waals surface area (Å²) < 4.78 is 5.18. The molecule has 1 N–H and O–H groups in total. The Labute approximate surface area is 218 Å². The number of alkyl halides is 2. The van der Waals surface area contributed by atoms with E-state index in [2.05, 4.69) is 5.32 Å². The van der Waals surface area contributed by atoms with Gasteiger partial charge in [0, 0.05) is 24.7 Å².